The number of aromatic nitrogens is 12. The molecule has 0 saturated heterocycles. The highest BCUT2D eigenvalue weighted by Gasteiger charge is 2.22. The number of unbranched alkanes of at least 4 members (excludes halogenated alkanes) is 2. The number of H-pyrrole nitrogens is 2. The average molecular weight is 904 g/mol. The van der Waals surface area contributed by atoms with Gasteiger partial charge in [0.25, 0.3) is 0 Å². The van der Waals surface area contributed by atoms with E-state index < -0.39 is 12.1 Å². The molecule has 17 nitrogen and oxygen atoms in total. The van der Waals surface area contributed by atoms with Crippen LogP contribution in [0.25, 0.3) is 45.0 Å². The van der Waals surface area contributed by atoms with Gasteiger partial charge in [-0.2, -0.15) is 0 Å². The molecule has 4 heterocycles. The third-order valence-corrected chi connectivity index (χ3v) is 11.0. The Labute approximate surface area is 377 Å². The summed E-state index contributed by atoms with van der Waals surface area (Å²) in [5.74, 6) is 1.63. The van der Waals surface area contributed by atoms with Crippen LogP contribution in [0.2, 0.25) is 10.3 Å². The lowest BCUT2D eigenvalue weighted by atomic mass is 9.98. The summed E-state index contributed by atoms with van der Waals surface area (Å²) in [6, 6.07) is 31.9. The second-order valence-electron chi connectivity index (χ2n) is 14.7. The monoisotopic (exact) mass is 902 g/mol. The van der Waals surface area contributed by atoms with Crippen LogP contribution >= 0.6 is 23.2 Å². The Morgan fingerprint density at radius 3 is 1.52 bits per heavy atom. The van der Waals surface area contributed by atoms with Crippen LogP contribution in [0.3, 0.4) is 0 Å². The van der Waals surface area contributed by atoms with Crippen LogP contribution in [0.1, 0.15) is 78.5 Å². The Kier molecular flexibility index (Phi) is 14.9. The first-order valence-electron chi connectivity index (χ1n) is 20.6. The SMILES string of the molecule is CCCCc1nc(Cl)c(C(=O)O)n1Cc1ccc(-c2ccccc2-c2nnn[nH]2)cc1.CCCCc1nc(Cl)c(COC(=O)O)n1Cc1ccc(-c2ccccc2-c2nnn[nH]2)cc1. The highest BCUT2D eigenvalue weighted by atomic mass is 35.5. The molecule has 0 saturated carbocycles. The van der Waals surface area contributed by atoms with Crippen molar-refractivity contribution in [2.24, 2.45) is 0 Å². The Morgan fingerprint density at radius 1 is 0.625 bits per heavy atom. The summed E-state index contributed by atoms with van der Waals surface area (Å²) in [4.78, 5) is 31.4. The molecule has 0 unspecified atom stereocenters. The van der Waals surface area contributed by atoms with E-state index in [0.717, 1.165) is 82.4 Å². The number of tetrazole rings is 2. The van der Waals surface area contributed by atoms with Crippen LogP contribution in [0, 0.1) is 0 Å². The molecule has 64 heavy (non-hydrogen) atoms. The van der Waals surface area contributed by atoms with E-state index in [1.165, 1.54) is 0 Å². The summed E-state index contributed by atoms with van der Waals surface area (Å²) < 4.78 is 8.43. The molecule has 0 aliphatic rings. The summed E-state index contributed by atoms with van der Waals surface area (Å²) in [6.45, 7) is 4.93. The number of ether oxygens (including phenoxy) is 1. The molecule has 0 aliphatic heterocycles. The Morgan fingerprint density at radius 2 is 1.08 bits per heavy atom. The number of aromatic carboxylic acids is 1. The average Bonchev–Trinajstić information content (AvgIpc) is 4.14. The van der Waals surface area contributed by atoms with Gasteiger partial charge in [-0.15, -0.1) is 10.2 Å². The van der Waals surface area contributed by atoms with E-state index in [2.05, 4.69) is 65.1 Å². The van der Waals surface area contributed by atoms with Crippen molar-refractivity contribution in [3.63, 3.8) is 0 Å². The van der Waals surface area contributed by atoms with Crippen LogP contribution in [-0.4, -0.2) is 82.7 Å². The Bertz CT molecular complexity index is 2790. The van der Waals surface area contributed by atoms with Crippen molar-refractivity contribution in [2.45, 2.75) is 72.1 Å². The zero-order valence-corrected chi connectivity index (χ0v) is 36.5. The highest BCUT2D eigenvalue weighted by Crippen LogP contribution is 2.32. The second kappa shape index (κ2) is 21.2. The minimum absolute atomic E-state index is 0.0278. The first-order valence-corrected chi connectivity index (χ1v) is 21.3. The van der Waals surface area contributed by atoms with Gasteiger partial charge in [-0.05, 0) is 67.1 Å². The summed E-state index contributed by atoms with van der Waals surface area (Å²) in [5, 5.41) is 47.1. The fourth-order valence-electron chi connectivity index (χ4n) is 7.23. The molecule has 0 radical (unpaired) electrons. The molecule has 328 valence electrons. The molecule has 4 aromatic carbocycles. The first-order chi connectivity index (χ1) is 31.1. The molecule has 8 aromatic rings. The second-order valence-corrected chi connectivity index (χ2v) is 15.4. The van der Waals surface area contributed by atoms with Gasteiger partial charge >= 0.3 is 12.1 Å². The van der Waals surface area contributed by atoms with Gasteiger partial charge in [-0.1, -0.05) is 147 Å². The number of aryl methyl sites for hydroxylation is 2. The van der Waals surface area contributed by atoms with E-state index in [0.29, 0.717) is 42.7 Å². The zero-order chi connectivity index (χ0) is 45.0. The molecule has 0 fully saturated rings. The smallest absolute Gasteiger partial charge is 0.476 e. The van der Waals surface area contributed by atoms with Gasteiger partial charge in [0.2, 0.25) is 0 Å². The maximum absolute atomic E-state index is 11.7. The van der Waals surface area contributed by atoms with Crippen molar-refractivity contribution in [1.29, 1.82) is 0 Å². The fourth-order valence-corrected chi connectivity index (χ4v) is 7.76. The number of halogens is 2. The van der Waals surface area contributed by atoms with E-state index >= 15 is 0 Å². The molecule has 19 heteroatoms. The van der Waals surface area contributed by atoms with E-state index in [4.69, 9.17) is 33.0 Å². The number of aromatic amines is 2. The standard InChI is InChI=1S/C23H23ClN6O3.C22H21ClN6O2/c1-2-3-8-20-25-21(24)19(14-33-23(31)32)30(20)13-15-9-11-16(12-10-15)17-6-4-5-7-18(17)22-26-28-29-27-22;1-2-3-8-18-24-20(23)19(22(30)31)29(18)13-14-9-11-15(12-10-14)16-6-4-5-7-17(16)21-25-27-28-26-21/h4-7,9-12H,2-3,8,13-14H2,1H3,(H,31,32)(H,26,27,28,29);4-7,9-12H,2-3,8,13H2,1H3,(H,30,31)(H,25,26,27,28). The lowest BCUT2D eigenvalue weighted by molar-refractivity contribution is 0.0684. The molecule has 0 amide bonds. The maximum Gasteiger partial charge on any atom is 0.506 e. The molecule has 4 aromatic heterocycles. The number of benzene rings is 4. The predicted octanol–water partition coefficient (Wildman–Crippen LogP) is 9.44. The van der Waals surface area contributed by atoms with Crippen LogP contribution < -0.4 is 0 Å². The van der Waals surface area contributed by atoms with Gasteiger partial charge in [0, 0.05) is 37.1 Å². The highest BCUT2D eigenvalue weighted by molar-refractivity contribution is 6.32. The van der Waals surface area contributed by atoms with Crippen LogP contribution in [0.5, 0.6) is 0 Å². The normalized spacial score (nSPS) is 11.0. The van der Waals surface area contributed by atoms with Gasteiger partial charge in [-0.25, -0.2) is 29.8 Å². The first kappa shape index (κ1) is 44.8. The van der Waals surface area contributed by atoms with Crippen molar-refractivity contribution in [2.75, 3.05) is 0 Å². The number of imidazole rings is 2. The van der Waals surface area contributed by atoms with Gasteiger partial charge < -0.3 is 24.1 Å². The summed E-state index contributed by atoms with van der Waals surface area (Å²) >= 11 is 12.5. The summed E-state index contributed by atoms with van der Waals surface area (Å²) in [7, 11) is 0. The van der Waals surface area contributed by atoms with Crippen molar-refractivity contribution in [3.8, 4) is 45.0 Å². The third kappa shape index (κ3) is 10.7. The van der Waals surface area contributed by atoms with Crippen molar-refractivity contribution >= 4 is 35.3 Å². The molecule has 0 atom stereocenters. The Balaban J connectivity index is 0.000000192. The van der Waals surface area contributed by atoms with E-state index in [-0.39, 0.29) is 22.6 Å². The number of nitrogens with one attached hydrogen (secondary N) is 2. The molecule has 8 rings (SSSR count). The van der Waals surface area contributed by atoms with Gasteiger partial charge in [-0.3, -0.25) is 0 Å². The molecule has 0 spiro atoms. The number of carboxylic acid groups (broad SMARTS) is 2. The molecule has 4 N–H and O–H groups in total. The van der Waals surface area contributed by atoms with Crippen molar-refractivity contribution in [1.82, 2.24) is 60.4 Å². The molecular weight excluding hydrogens is 859 g/mol. The minimum Gasteiger partial charge on any atom is -0.476 e. The largest absolute Gasteiger partial charge is 0.506 e. The Hall–Kier alpha value is -7.24. The molecular formula is C45H44Cl2N12O5. The quantitative estimate of drug-likeness (QED) is 0.0625. The van der Waals surface area contributed by atoms with E-state index in [1.54, 1.807) is 4.57 Å². The van der Waals surface area contributed by atoms with E-state index in [9.17, 15) is 14.7 Å². The topological polar surface area (TPSA) is 228 Å². The fraction of sp³-hybridized carbons (Fsp3) is 0.244. The van der Waals surface area contributed by atoms with E-state index in [1.807, 2.05) is 102 Å². The number of hydrogen-bond acceptors (Lipinski definition) is 11. The van der Waals surface area contributed by atoms with Crippen molar-refractivity contribution in [3.05, 3.63) is 142 Å². The van der Waals surface area contributed by atoms with Gasteiger partial charge in [0.15, 0.2) is 27.6 Å². The lowest BCUT2D eigenvalue weighted by Gasteiger charge is -2.13. The third-order valence-electron chi connectivity index (χ3n) is 10.4. The number of carboxylic acids is 1. The van der Waals surface area contributed by atoms with Gasteiger partial charge in [0.1, 0.15) is 18.3 Å². The zero-order valence-electron chi connectivity index (χ0n) is 34.9. The number of carbonyl (C=O) groups is 2. The molecule has 0 bridgehead atoms. The number of rotatable bonds is 17. The maximum atomic E-state index is 11.7. The lowest BCUT2D eigenvalue weighted by Crippen LogP contribution is -2.13. The van der Waals surface area contributed by atoms with Gasteiger partial charge in [0.05, 0.1) is 5.69 Å². The predicted molar refractivity (Wildman–Crippen MR) is 240 cm³/mol. The van der Waals surface area contributed by atoms with Crippen LogP contribution in [0.15, 0.2) is 97.1 Å². The van der Waals surface area contributed by atoms with Crippen LogP contribution in [-0.2, 0) is 37.3 Å². The molecule has 0 aliphatic carbocycles. The summed E-state index contributed by atoms with van der Waals surface area (Å²) in [6.07, 6.45) is 3.96. The number of hydrogen-bond donors (Lipinski definition) is 4. The minimum atomic E-state index is -1.35. The number of nitrogens with zero attached hydrogens (tertiary/aromatic N) is 10. The van der Waals surface area contributed by atoms with Crippen LogP contribution in [0.4, 0.5) is 4.79 Å². The summed E-state index contributed by atoms with van der Waals surface area (Å²) in [5.41, 5.74) is 8.40. The van der Waals surface area contributed by atoms with Crippen molar-refractivity contribution < 1.29 is 24.5 Å².